The van der Waals surface area contributed by atoms with Gasteiger partial charge in [0, 0.05) is 11.5 Å². The third-order valence-electron chi connectivity index (χ3n) is 4.31. The molecule has 0 radical (unpaired) electrons. The highest BCUT2D eigenvalue weighted by Gasteiger charge is 2.38. The van der Waals surface area contributed by atoms with E-state index in [2.05, 4.69) is 20.4 Å². The highest BCUT2D eigenvalue weighted by molar-refractivity contribution is 5.67. The number of hydrogen-bond donors (Lipinski definition) is 1. The fourth-order valence-electron chi connectivity index (χ4n) is 2.80. The predicted molar refractivity (Wildman–Crippen MR) is 84.0 cm³/mol. The molecule has 0 bridgehead atoms. The number of benzene rings is 1. The molecule has 0 saturated heterocycles. The van der Waals surface area contributed by atoms with Crippen LogP contribution in [0.1, 0.15) is 41.3 Å². The minimum absolute atomic E-state index is 0.0208. The van der Waals surface area contributed by atoms with Gasteiger partial charge in [0.15, 0.2) is 11.4 Å². The molecular weight excluding hydrogens is 404 g/mol. The van der Waals surface area contributed by atoms with Crippen LogP contribution in [0.4, 0.5) is 26.3 Å². The van der Waals surface area contributed by atoms with Gasteiger partial charge < -0.3 is 4.42 Å². The van der Waals surface area contributed by atoms with Gasteiger partial charge in [0.05, 0.1) is 11.1 Å². The van der Waals surface area contributed by atoms with E-state index in [0.29, 0.717) is 25.0 Å². The first kappa shape index (κ1) is 19.0. The molecular formula is C17H9F6N5O. The van der Waals surface area contributed by atoms with Gasteiger partial charge in [0.1, 0.15) is 17.5 Å². The molecule has 0 spiro atoms. The van der Waals surface area contributed by atoms with Crippen molar-refractivity contribution >= 4 is 0 Å². The number of nitriles is 1. The number of alkyl halides is 6. The molecule has 1 aliphatic carbocycles. The number of nitrogens with one attached hydrogen (secondary N) is 1. The molecule has 1 saturated carbocycles. The van der Waals surface area contributed by atoms with Crippen LogP contribution in [0.25, 0.3) is 22.8 Å². The lowest BCUT2D eigenvalue weighted by atomic mass is 10.0. The van der Waals surface area contributed by atoms with Gasteiger partial charge in [-0.1, -0.05) is 0 Å². The molecule has 0 aliphatic heterocycles. The molecule has 2 heterocycles. The summed E-state index contributed by atoms with van der Waals surface area (Å²) in [5.41, 5.74) is -3.47. The summed E-state index contributed by atoms with van der Waals surface area (Å²) in [5, 5.41) is 18.8. The maximum Gasteiger partial charge on any atom is 0.416 e. The van der Waals surface area contributed by atoms with Crippen molar-refractivity contribution in [3.8, 4) is 28.9 Å². The zero-order chi connectivity index (χ0) is 21.0. The largest absolute Gasteiger partial charge is 0.440 e. The molecule has 0 amide bonds. The Morgan fingerprint density at radius 2 is 1.59 bits per heavy atom. The summed E-state index contributed by atoms with van der Waals surface area (Å²) in [5.74, 6) is -0.288. The summed E-state index contributed by atoms with van der Waals surface area (Å²) in [4.78, 5) is 4.06. The van der Waals surface area contributed by atoms with E-state index >= 15 is 0 Å². The minimum Gasteiger partial charge on any atom is -0.440 e. The second kappa shape index (κ2) is 6.33. The first-order valence-electron chi connectivity index (χ1n) is 8.19. The Morgan fingerprint density at radius 3 is 2.10 bits per heavy atom. The van der Waals surface area contributed by atoms with Crippen LogP contribution in [0.15, 0.2) is 22.6 Å². The van der Waals surface area contributed by atoms with Gasteiger partial charge in [-0.05, 0) is 31.0 Å². The molecule has 1 aliphatic rings. The first-order valence-corrected chi connectivity index (χ1v) is 8.19. The number of oxazole rings is 1. The van der Waals surface area contributed by atoms with Crippen molar-refractivity contribution in [2.45, 2.75) is 31.1 Å². The third kappa shape index (κ3) is 3.55. The number of hydrogen-bond acceptors (Lipinski definition) is 5. The lowest BCUT2D eigenvalue weighted by molar-refractivity contribution is -0.143. The second-order valence-corrected chi connectivity index (χ2v) is 6.43. The van der Waals surface area contributed by atoms with Crippen molar-refractivity contribution < 1.29 is 30.8 Å². The molecule has 1 aromatic carbocycles. The quantitative estimate of drug-likeness (QED) is 0.616. The van der Waals surface area contributed by atoms with Crippen molar-refractivity contribution in [3.63, 3.8) is 0 Å². The third-order valence-corrected chi connectivity index (χ3v) is 4.31. The van der Waals surface area contributed by atoms with Crippen molar-refractivity contribution in [2.75, 3.05) is 0 Å². The van der Waals surface area contributed by atoms with Crippen LogP contribution < -0.4 is 0 Å². The Labute approximate surface area is 158 Å². The summed E-state index contributed by atoms with van der Waals surface area (Å²) in [6, 6.07) is 2.89. The van der Waals surface area contributed by atoms with Crippen LogP contribution in [-0.4, -0.2) is 20.4 Å². The Balaban J connectivity index is 1.90. The van der Waals surface area contributed by atoms with E-state index < -0.39 is 34.9 Å². The van der Waals surface area contributed by atoms with Crippen molar-refractivity contribution in [1.29, 1.82) is 5.26 Å². The standard InChI is InChI=1S/C17H9F6N5O/c18-16(19,20)9-3-8(4-10(5-9)17(21,22)23)15-25-13(14(29-15)7-1-2-7)12-11(6-24)26-28-27-12/h3-5,7H,1-2H2,(H,26,27,28). The van der Waals surface area contributed by atoms with Gasteiger partial charge in [-0.2, -0.15) is 41.9 Å². The molecule has 1 N–H and O–H groups in total. The molecule has 29 heavy (non-hydrogen) atoms. The van der Waals surface area contributed by atoms with Gasteiger partial charge in [-0.15, -0.1) is 5.10 Å². The highest BCUT2D eigenvalue weighted by Crippen LogP contribution is 2.46. The van der Waals surface area contributed by atoms with E-state index in [4.69, 9.17) is 9.68 Å². The minimum atomic E-state index is -5.00. The van der Waals surface area contributed by atoms with Crippen LogP contribution in [0.5, 0.6) is 0 Å². The van der Waals surface area contributed by atoms with Gasteiger partial charge in [-0.3, -0.25) is 0 Å². The van der Waals surface area contributed by atoms with E-state index in [-0.39, 0.29) is 34.8 Å². The molecule has 0 unspecified atom stereocenters. The van der Waals surface area contributed by atoms with Gasteiger partial charge in [0.25, 0.3) is 0 Å². The average Bonchev–Trinajstić information content (AvgIpc) is 3.22. The number of halogens is 6. The number of H-pyrrole nitrogens is 1. The van der Waals surface area contributed by atoms with Crippen molar-refractivity contribution in [2.24, 2.45) is 0 Å². The molecule has 2 aromatic heterocycles. The molecule has 3 aromatic rings. The fraction of sp³-hybridized carbons (Fsp3) is 0.294. The lowest BCUT2D eigenvalue weighted by Gasteiger charge is -2.13. The van der Waals surface area contributed by atoms with Gasteiger partial charge in [0.2, 0.25) is 5.89 Å². The van der Waals surface area contributed by atoms with E-state index in [1.54, 1.807) is 6.07 Å². The fourth-order valence-corrected chi connectivity index (χ4v) is 2.80. The monoisotopic (exact) mass is 413 g/mol. The number of rotatable bonds is 3. The van der Waals surface area contributed by atoms with Crippen molar-refractivity contribution in [3.05, 3.63) is 40.8 Å². The zero-order valence-corrected chi connectivity index (χ0v) is 14.2. The predicted octanol–water partition coefficient (Wildman–Crippen LogP) is 4.91. The maximum absolute atomic E-state index is 13.1. The smallest absolute Gasteiger partial charge is 0.416 e. The van der Waals surface area contributed by atoms with Crippen LogP contribution >= 0.6 is 0 Å². The molecule has 1 fully saturated rings. The molecule has 6 nitrogen and oxygen atoms in total. The first-order chi connectivity index (χ1) is 13.6. The Kier molecular flexibility index (Phi) is 4.14. The van der Waals surface area contributed by atoms with E-state index in [1.807, 2.05) is 0 Å². The average molecular weight is 413 g/mol. The molecule has 12 heteroatoms. The summed E-state index contributed by atoms with van der Waals surface area (Å²) < 4.78 is 84.3. The second-order valence-electron chi connectivity index (χ2n) is 6.43. The number of aromatic amines is 1. The Morgan fingerprint density at radius 1 is 0.966 bits per heavy atom. The lowest BCUT2D eigenvalue weighted by Crippen LogP contribution is -2.11. The Hall–Kier alpha value is -3.36. The van der Waals surface area contributed by atoms with E-state index in [9.17, 15) is 26.3 Å². The highest BCUT2D eigenvalue weighted by atomic mass is 19.4. The summed E-state index contributed by atoms with van der Waals surface area (Å²) in [6.45, 7) is 0. The molecule has 0 atom stereocenters. The zero-order valence-electron chi connectivity index (χ0n) is 14.2. The van der Waals surface area contributed by atoms with Gasteiger partial charge >= 0.3 is 12.4 Å². The summed E-state index contributed by atoms with van der Waals surface area (Å²) in [6.07, 6.45) is -8.58. The molecule has 150 valence electrons. The SMILES string of the molecule is N#Cc1n[nH]nc1-c1nc(-c2cc(C(F)(F)F)cc(C(F)(F)F)c2)oc1C1CC1. The van der Waals surface area contributed by atoms with Crippen LogP contribution in [0.2, 0.25) is 0 Å². The number of aromatic nitrogens is 4. The van der Waals surface area contributed by atoms with Crippen molar-refractivity contribution in [1.82, 2.24) is 20.4 Å². The Bertz CT molecular complexity index is 1080. The number of nitrogens with zero attached hydrogens (tertiary/aromatic N) is 4. The van der Waals surface area contributed by atoms with E-state index in [0.717, 1.165) is 0 Å². The van der Waals surface area contributed by atoms with Crippen LogP contribution in [0.3, 0.4) is 0 Å². The van der Waals surface area contributed by atoms with Crippen LogP contribution in [0, 0.1) is 11.3 Å². The topological polar surface area (TPSA) is 91.4 Å². The van der Waals surface area contributed by atoms with Crippen LogP contribution in [-0.2, 0) is 12.4 Å². The summed E-state index contributed by atoms with van der Waals surface area (Å²) >= 11 is 0. The molecule has 4 rings (SSSR count). The summed E-state index contributed by atoms with van der Waals surface area (Å²) in [7, 11) is 0. The van der Waals surface area contributed by atoms with E-state index in [1.165, 1.54) is 0 Å². The van der Waals surface area contributed by atoms with Gasteiger partial charge in [-0.25, -0.2) is 4.98 Å². The maximum atomic E-state index is 13.1. The normalized spacial score (nSPS) is 14.8.